The SMILES string of the molecule is CNCC1CCCCS1(=O)=O. The molecule has 0 saturated carbocycles. The minimum atomic E-state index is -2.75. The Bertz CT molecular complexity index is 208. The van der Waals surface area contributed by atoms with Gasteiger partial charge in [-0.05, 0) is 19.9 Å². The minimum absolute atomic E-state index is 0.124. The molecule has 1 heterocycles. The normalized spacial score (nSPS) is 30.1. The highest BCUT2D eigenvalue weighted by Crippen LogP contribution is 2.18. The molecule has 1 saturated heterocycles. The average Bonchev–Trinajstić information content (AvgIpc) is 1.94. The van der Waals surface area contributed by atoms with E-state index in [9.17, 15) is 8.42 Å². The third-order valence-corrected chi connectivity index (χ3v) is 4.42. The Morgan fingerprint density at radius 2 is 2.18 bits per heavy atom. The molecule has 11 heavy (non-hydrogen) atoms. The Morgan fingerprint density at radius 3 is 2.73 bits per heavy atom. The van der Waals surface area contributed by atoms with E-state index in [1.165, 1.54) is 0 Å². The van der Waals surface area contributed by atoms with Gasteiger partial charge in [0.2, 0.25) is 0 Å². The molecule has 0 amide bonds. The Labute approximate surface area is 68.1 Å². The maximum Gasteiger partial charge on any atom is 0.154 e. The van der Waals surface area contributed by atoms with Crippen LogP contribution in [0.5, 0.6) is 0 Å². The fourth-order valence-corrected chi connectivity index (χ4v) is 3.36. The van der Waals surface area contributed by atoms with Gasteiger partial charge in [0.15, 0.2) is 9.84 Å². The van der Waals surface area contributed by atoms with Gasteiger partial charge in [0.1, 0.15) is 0 Å². The Morgan fingerprint density at radius 1 is 1.45 bits per heavy atom. The van der Waals surface area contributed by atoms with Gasteiger partial charge in [-0.3, -0.25) is 0 Å². The summed E-state index contributed by atoms with van der Waals surface area (Å²) in [6, 6.07) is 0. The van der Waals surface area contributed by atoms with Crippen LogP contribution in [0.3, 0.4) is 0 Å². The molecule has 1 aliphatic heterocycles. The van der Waals surface area contributed by atoms with Gasteiger partial charge >= 0.3 is 0 Å². The van der Waals surface area contributed by atoms with Crippen molar-refractivity contribution >= 4 is 9.84 Å². The highest BCUT2D eigenvalue weighted by atomic mass is 32.2. The van der Waals surface area contributed by atoms with Gasteiger partial charge in [-0.15, -0.1) is 0 Å². The first-order valence-corrected chi connectivity index (χ1v) is 5.74. The van der Waals surface area contributed by atoms with Crippen LogP contribution in [0, 0.1) is 0 Å². The monoisotopic (exact) mass is 177 g/mol. The molecule has 4 heteroatoms. The first kappa shape index (κ1) is 9.00. The van der Waals surface area contributed by atoms with E-state index in [1.54, 1.807) is 7.05 Å². The maximum absolute atomic E-state index is 11.3. The molecule has 1 N–H and O–H groups in total. The summed E-state index contributed by atoms with van der Waals surface area (Å²) < 4.78 is 22.7. The summed E-state index contributed by atoms with van der Waals surface area (Å²) in [7, 11) is -0.952. The van der Waals surface area contributed by atoms with Crippen molar-refractivity contribution in [1.29, 1.82) is 0 Å². The van der Waals surface area contributed by atoms with Crippen LogP contribution >= 0.6 is 0 Å². The van der Waals surface area contributed by atoms with Gasteiger partial charge in [-0.1, -0.05) is 6.42 Å². The number of hydrogen-bond donors (Lipinski definition) is 1. The first-order chi connectivity index (χ1) is 5.17. The van der Waals surface area contributed by atoms with E-state index < -0.39 is 9.84 Å². The van der Waals surface area contributed by atoms with Crippen molar-refractivity contribution in [3.63, 3.8) is 0 Å². The minimum Gasteiger partial charge on any atom is -0.318 e. The highest BCUT2D eigenvalue weighted by Gasteiger charge is 2.27. The maximum atomic E-state index is 11.3. The van der Waals surface area contributed by atoms with E-state index in [0.717, 1.165) is 19.3 Å². The van der Waals surface area contributed by atoms with E-state index >= 15 is 0 Å². The van der Waals surface area contributed by atoms with Gasteiger partial charge < -0.3 is 5.32 Å². The van der Waals surface area contributed by atoms with E-state index in [1.807, 2.05) is 0 Å². The molecular weight excluding hydrogens is 162 g/mol. The van der Waals surface area contributed by atoms with Crippen LogP contribution in [-0.2, 0) is 9.84 Å². The van der Waals surface area contributed by atoms with Crippen molar-refractivity contribution in [2.45, 2.75) is 24.5 Å². The van der Waals surface area contributed by atoms with Crippen molar-refractivity contribution in [2.75, 3.05) is 19.3 Å². The summed E-state index contributed by atoms with van der Waals surface area (Å²) >= 11 is 0. The van der Waals surface area contributed by atoms with Crippen molar-refractivity contribution in [1.82, 2.24) is 5.32 Å². The summed E-state index contributed by atoms with van der Waals surface area (Å²) in [6.45, 7) is 0.613. The predicted molar refractivity (Wildman–Crippen MR) is 45.4 cm³/mol. The lowest BCUT2D eigenvalue weighted by molar-refractivity contribution is 0.530. The molecule has 0 aliphatic carbocycles. The van der Waals surface area contributed by atoms with Crippen molar-refractivity contribution in [2.24, 2.45) is 0 Å². The first-order valence-electron chi connectivity index (χ1n) is 4.03. The molecule has 0 spiro atoms. The smallest absolute Gasteiger partial charge is 0.154 e. The van der Waals surface area contributed by atoms with Gasteiger partial charge in [-0.25, -0.2) is 8.42 Å². The Hall–Kier alpha value is -0.0900. The second-order valence-electron chi connectivity index (χ2n) is 3.04. The Kier molecular flexibility index (Phi) is 2.90. The van der Waals surface area contributed by atoms with Crippen LogP contribution in [0.2, 0.25) is 0 Å². The molecule has 1 fully saturated rings. The molecule has 3 nitrogen and oxygen atoms in total. The molecule has 0 radical (unpaired) electrons. The van der Waals surface area contributed by atoms with E-state index in [2.05, 4.69) is 5.32 Å². The summed E-state index contributed by atoms with van der Waals surface area (Å²) in [5.41, 5.74) is 0. The Balaban J connectivity index is 2.60. The molecule has 1 unspecified atom stereocenters. The van der Waals surface area contributed by atoms with Crippen molar-refractivity contribution in [3.05, 3.63) is 0 Å². The average molecular weight is 177 g/mol. The quantitative estimate of drug-likeness (QED) is 0.654. The van der Waals surface area contributed by atoms with Crippen molar-refractivity contribution in [3.8, 4) is 0 Å². The molecule has 66 valence electrons. The zero-order valence-electron chi connectivity index (χ0n) is 6.84. The van der Waals surface area contributed by atoms with E-state index in [4.69, 9.17) is 0 Å². The largest absolute Gasteiger partial charge is 0.318 e. The fourth-order valence-electron chi connectivity index (χ4n) is 1.48. The highest BCUT2D eigenvalue weighted by molar-refractivity contribution is 7.92. The van der Waals surface area contributed by atoms with Gasteiger partial charge in [0.05, 0.1) is 11.0 Å². The summed E-state index contributed by atoms with van der Waals surface area (Å²) in [6.07, 6.45) is 2.75. The fraction of sp³-hybridized carbons (Fsp3) is 1.00. The van der Waals surface area contributed by atoms with Crippen LogP contribution in [0.25, 0.3) is 0 Å². The molecule has 0 aromatic heterocycles. The third-order valence-electron chi connectivity index (χ3n) is 2.14. The predicted octanol–water partition coefficient (Wildman–Crippen LogP) is 0.173. The van der Waals surface area contributed by atoms with Gasteiger partial charge in [-0.2, -0.15) is 0 Å². The topological polar surface area (TPSA) is 46.2 Å². The number of hydrogen-bond acceptors (Lipinski definition) is 3. The molecule has 1 atom stereocenters. The molecule has 1 aliphatic rings. The molecule has 1 rings (SSSR count). The lowest BCUT2D eigenvalue weighted by atomic mass is 10.2. The summed E-state index contributed by atoms with van der Waals surface area (Å²) in [5, 5.41) is 2.79. The van der Waals surface area contributed by atoms with E-state index in [0.29, 0.717) is 12.3 Å². The lowest BCUT2D eigenvalue weighted by Gasteiger charge is -2.21. The number of nitrogens with one attached hydrogen (secondary N) is 1. The van der Waals surface area contributed by atoms with E-state index in [-0.39, 0.29) is 5.25 Å². The lowest BCUT2D eigenvalue weighted by Crippen LogP contribution is -2.36. The molecule has 0 aromatic rings. The zero-order chi connectivity index (χ0) is 8.32. The molecule has 0 bridgehead atoms. The number of rotatable bonds is 2. The van der Waals surface area contributed by atoms with Crippen molar-refractivity contribution < 1.29 is 8.42 Å². The van der Waals surface area contributed by atoms with Crippen LogP contribution in [0.4, 0.5) is 0 Å². The molecule has 0 aromatic carbocycles. The second kappa shape index (κ2) is 3.54. The van der Waals surface area contributed by atoms with Crippen LogP contribution in [0.15, 0.2) is 0 Å². The zero-order valence-corrected chi connectivity index (χ0v) is 7.65. The van der Waals surface area contributed by atoms with Crippen LogP contribution in [0.1, 0.15) is 19.3 Å². The van der Waals surface area contributed by atoms with Gasteiger partial charge in [0, 0.05) is 6.54 Å². The standard InChI is InChI=1S/C7H15NO2S/c1-8-6-7-4-2-3-5-11(7,9)10/h7-8H,2-6H2,1H3. The number of sulfone groups is 1. The van der Waals surface area contributed by atoms with Crippen LogP contribution < -0.4 is 5.32 Å². The summed E-state index contributed by atoms with van der Waals surface area (Å²) in [5.74, 6) is 0.388. The third kappa shape index (κ3) is 2.17. The van der Waals surface area contributed by atoms with Gasteiger partial charge in [0.25, 0.3) is 0 Å². The second-order valence-corrected chi connectivity index (χ2v) is 5.44. The molecular formula is C7H15NO2S. The summed E-state index contributed by atoms with van der Waals surface area (Å²) in [4.78, 5) is 0. The van der Waals surface area contributed by atoms with Crippen LogP contribution in [-0.4, -0.2) is 33.0 Å².